The van der Waals surface area contributed by atoms with E-state index in [0.29, 0.717) is 6.54 Å². The van der Waals surface area contributed by atoms with Gasteiger partial charge in [-0.1, -0.05) is 0 Å². The second-order valence-corrected chi connectivity index (χ2v) is 6.32. The molecule has 1 N–H and O–H groups in total. The SMILES string of the molecule is CCN(C)C(=O)C(C)Nc1ncccc1S(C)(=O)=O. The van der Waals surface area contributed by atoms with Crippen molar-refractivity contribution in [1.82, 2.24) is 9.88 Å². The third-order valence-corrected chi connectivity index (χ3v) is 3.87. The molecule has 0 fully saturated rings. The highest BCUT2D eigenvalue weighted by atomic mass is 32.2. The molecule has 1 atom stereocenters. The number of carbonyl (C=O) groups excluding carboxylic acids is 1. The summed E-state index contributed by atoms with van der Waals surface area (Å²) in [5.74, 6) is 0.0861. The molecule has 0 radical (unpaired) electrons. The van der Waals surface area contributed by atoms with Gasteiger partial charge in [-0.15, -0.1) is 0 Å². The van der Waals surface area contributed by atoms with Crippen molar-refractivity contribution in [3.63, 3.8) is 0 Å². The number of nitrogens with one attached hydrogen (secondary N) is 1. The van der Waals surface area contributed by atoms with Gasteiger partial charge in [-0.3, -0.25) is 4.79 Å². The third kappa shape index (κ3) is 3.92. The normalized spacial score (nSPS) is 12.8. The molecule has 1 aromatic rings. The largest absolute Gasteiger partial charge is 0.358 e. The maximum Gasteiger partial charge on any atom is 0.244 e. The third-order valence-electron chi connectivity index (χ3n) is 2.74. The fraction of sp³-hybridized carbons (Fsp3) is 0.500. The van der Waals surface area contributed by atoms with Gasteiger partial charge in [0.25, 0.3) is 0 Å². The van der Waals surface area contributed by atoms with Crippen LogP contribution in [-0.2, 0) is 14.6 Å². The van der Waals surface area contributed by atoms with Crippen molar-refractivity contribution in [2.24, 2.45) is 0 Å². The van der Waals surface area contributed by atoms with Gasteiger partial charge >= 0.3 is 0 Å². The first-order chi connectivity index (χ1) is 8.77. The van der Waals surface area contributed by atoms with Gasteiger partial charge in [-0.25, -0.2) is 13.4 Å². The second kappa shape index (κ2) is 6.01. The van der Waals surface area contributed by atoms with Crippen LogP contribution in [0.1, 0.15) is 13.8 Å². The number of aromatic nitrogens is 1. The molecule has 0 aliphatic rings. The molecule has 106 valence electrons. The van der Waals surface area contributed by atoms with Gasteiger partial charge in [0.1, 0.15) is 16.8 Å². The van der Waals surface area contributed by atoms with Crippen LogP contribution in [-0.4, -0.2) is 50.1 Å². The second-order valence-electron chi connectivity index (χ2n) is 4.34. The standard InChI is InChI=1S/C12H19N3O3S/c1-5-15(3)12(16)9(2)14-11-10(19(4,17)18)7-6-8-13-11/h6-9H,5H2,1-4H3,(H,13,14). The molecule has 0 saturated carbocycles. The van der Waals surface area contributed by atoms with Crippen molar-refractivity contribution in [3.8, 4) is 0 Å². The van der Waals surface area contributed by atoms with Crippen molar-refractivity contribution in [2.45, 2.75) is 24.8 Å². The number of carbonyl (C=O) groups is 1. The predicted octanol–water partition coefficient (Wildman–Crippen LogP) is 0.764. The van der Waals surface area contributed by atoms with E-state index in [1.165, 1.54) is 12.3 Å². The van der Waals surface area contributed by atoms with E-state index in [1.807, 2.05) is 6.92 Å². The summed E-state index contributed by atoms with van der Waals surface area (Å²) in [5.41, 5.74) is 0. The van der Waals surface area contributed by atoms with E-state index in [4.69, 9.17) is 0 Å². The Labute approximate surface area is 113 Å². The molecule has 0 aliphatic carbocycles. The van der Waals surface area contributed by atoms with Gasteiger partial charge < -0.3 is 10.2 Å². The maximum absolute atomic E-state index is 11.9. The highest BCUT2D eigenvalue weighted by Gasteiger charge is 2.20. The molecule has 0 saturated heterocycles. The van der Waals surface area contributed by atoms with Crippen LogP contribution < -0.4 is 5.32 Å². The molecule has 6 nitrogen and oxygen atoms in total. The number of pyridine rings is 1. The molecule has 1 amide bonds. The average Bonchev–Trinajstić information content (AvgIpc) is 2.36. The van der Waals surface area contributed by atoms with E-state index in [1.54, 1.807) is 24.9 Å². The Morgan fingerprint density at radius 2 is 2.16 bits per heavy atom. The van der Waals surface area contributed by atoms with Crippen molar-refractivity contribution in [3.05, 3.63) is 18.3 Å². The quantitative estimate of drug-likeness (QED) is 0.864. The first kappa shape index (κ1) is 15.4. The Morgan fingerprint density at radius 3 is 2.68 bits per heavy atom. The lowest BCUT2D eigenvalue weighted by molar-refractivity contribution is -0.130. The van der Waals surface area contributed by atoms with Crippen molar-refractivity contribution in [2.75, 3.05) is 25.2 Å². The molecule has 1 rings (SSSR count). The number of likely N-dealkylation sites (N-methyl/N-ethyl adjacent to an activating group) is 1. The summed E-state index contributed by atoms with van der Waals surface area (Å²) >= 11 is 0. The van der Waals surface area contributed by atoms with Gasteiger partial charge in [0, 0.05) is 26.0 Å². The number of rotatable bonds is 5. The van der Waals surface area contributed by atoms with Crippen LogP contribution in [0.2, 0.25) is 0 Å². The molecule has 1 heterocycles. The number of sulfone groups is 1. The lowest BCUT2D eigenvalue weighted by Crippen LogP contribution is -2.39. The summed E-state index contributed by atoms with van der Waals surface area (Å²) in [7, 11) is -1.69. The average molecular weight is 285 g/mol. The van der Waals surface area contributed by atoms with Crippen LogP contribution in [0.15, 0.2) is 23.2 Å². The minimum Gasteiger partial charge on any atom is -0.358 e. The highest BCUT2D eigenvalue weighted by molar-refractivity contribution is 7.90. The van der Waals surface area contributed by atoms with E-state index < -0.39 is 15.9 Å². The van der Waals surface area contributed by atoms with Gasteiger partial charge in [-0.05, 0) is 26.0 Å². The van der Waals surface area contributed by atoms with Crippen molar-refractivity contribution < 1.29 is 13.2 Å². The van der Waals surface area contributed by atoms with Gasteiger partial charge in [0.05, 0.1) is 0 Å². The number of amides is 1. The topological polar surface area (TPSA) is 79.4 Å². The Morgan fingerprint density at radius 1 is 1.53 bits per heavy atom. The fourth-order valence-electron chi connectivity index (χ4n) is 1.55. The Balaban J connectivity index is 2.98. The lowest BCUT2D eigenvalue weighted by Gasteiger charge is -2.21. The summed E-state index contributed by atoms with van der Waals surface area (Å²) in [5, 5.41) is 2.85. The predicted molar refractivity (Wildman–Crippen MR) is 73.7 cm³/mol. The van der Waals surface area contributed by atoms with E-state index >= 15 is 0 Å². The Bertz CT molecular complexity index is 557. The first-order valence-electron chi connectivity index (χ1n) is 5.94. The zero-order valence-corrected chi connectivity index (χ0v) is 12.4. The molecule has 1 aromatic heterocycles. The molecule has 0 aromatic carbocycles. The van der Waals surface area contributed by atoms with E-state index in [9.17, 15) is 13.2 Å². The van der Waals surface area contributed by atoms with Crippen molar-refractivity contribution in [1.29, 1.82) is 0 Å². The molecule has 0 aliphatic heterocycles. The lowest BCUT2D eigenvalue weighted by atomic mass is 10.3. The number of nitrogens with zero attached hydrogens (tertiary/aromatic N) is 2. The molecule has 1 unspecified atom stereocenters. The fourth-order valence-corrected chi connectivity index (χ4v) is 2.34. The van der Waals surface area contributed by atoms with Crippen LogP contribution in [0.25, 0.3) is 0 Å². The molecule has 0 spiro atoms. The van der Waals surface area contributed by atoms with Crippen LogP contribution >= 0.6 is 0 Å². The van der Waals surface area contributed by atoms with Crippen LogP contribution in [0.5, 0.6) is 0 Å². The minimum absolute atomic E-state index is 0.0915. The molecular formula is C12H19N3O3S. The van der Waals surface area contributed by atoms with Gasteiger partial charge in [0.2, 0.25) is 5.91 Å². The zero-order chi connectivity index (χ0) is 14.6. The summed E-state index contributed by atoms with van der Waals surface area (Å²) in [6, 6.07) is 2.47. The number of anilines is 1. The number of hydrogen-bond donors (Lipinski definition) is 1. The van der Waals surface area contributed by atoms with Crippen molar-refractivity contribution >= 4 is 21.6 Å². The van der Waals surface area contributed by atoms with E-state index in [2.05, 4.69) is 10.3 Å². The van der Waals surface area contributed by atoms with Crippen LogP contribution in [0, 0.1) is 0 Å². The highest BCUT2D eigenvalue weighted by Crippen LogP contribution is 2.18. The smallest absolute Gasteiger partial charge is 0.244 e. The first-order valence-corrected chi connectivity index (χ1v) is 7.83. The summed E-state index contributed by atoms with van der Waals surface area (Å²) in [6.45, 7) is 4.13. The zero-order valence-electron chi connectivity index (χ0n) is 11.5. The maximum atomic E-state index is 11.9. The van der Waals surface area contributed by atoms with E-state index in [0.717, 1.165) is 6.26 Å². The monoisotopic (exact) mass is 285 g/mol. The van der Waals surface area contributed by atoms with Crippen LogP contribution in [0.4, 0.5) is 5.82 Å². The summed E-state index contributed by atoms with van der Waals surface area (Å²) in [4.78, 5) is 17.6. The summed E-state index contributed by atoms with van der Waals surface area (Å²) in [6.07, 6.45) is 2.59. The van der Waals surface area contributed by atoms with Gasteiger partial charge in [-0.2, -0.15) is 0 Å². The minimum atomic E-state index is -3.38. The Kier molecular flexibility index (Phi) is 4.88. The summed E-state index contributed by atoms with van der Waals surface area (Å²) < 4.78 is 23.2. The van der Waals surface area contributed by atoms with E-state index in [-0.39, 0.29) is 16.6 Å². The van der Waals surface area contributed by atoms with Gasteiger partial charge in [0.15, 0.2) is 9.84 Å². The Hall–Kier alpha value is -1.63. The van der Waals surface area contributed by atoms with Crippen LogP contribution in [0.3, 0.4) is 0 Å². The molecular weight excluding hydrogens is 266 g/mol. The molecule has 19 heavy (non-hydrogen) atoms. The molecule has 0 bridgehead atoms. The number of hydrogen-bond acceptors (Lipinski definition) is 5. The molecule has 7 heteroatoms.